The van der Waals surface area contributed by atoms with E-state index in [0.717, 1.165) is 24.5 Å². The predicted octanol–water partition coefficient (Wildman–Crippen LogP) is 2.09. The van der Waals surface area contributed by atoms with Crippen molar-refractivity contribution in [2.24, 2.45) is 11.8 Å². The SMILES string of the molecule is CC(C1CCC1)C(O)C1=COCC1. The lowest BCUT2D eigenvalue weighted by molar-refractivity contribution is 0.0775. The van der Waals surface area contributed by atoms with Crippen molar-refractivity contribution in [1.82, 2.24) is 0 Å². The number of hydrogen-bond donors (Lipinski definition) is 1. The molecule has 1 fully saturated rings. The molecule has 1 N–H and O–H groups in total. The monoisotopic (exact) mass is 182 g/mol. The summed E-state index contributed by atoms with van der Waals surface area (Å²) in [5.74, 6) is 1.16. The van der Waals surface area contributed by atoms with Crippen LogP contribution in [-0.2, 0) is 4.74 Å². The molecule has 74 valence electrons. The van der Waals surface area contributed by atoms with Gasteiger partial charge in [0.1, 0.15) is 0 Å². The fraction of sp³-hybridized carbons (Fsp3) is 0.818. The van der Waals surface area contributed by atoms with E-state index in [9.17, 15) is 5.11 Å². The summed E-state index contributed by atoms with van der Waals surface area (Å²) in [6.45, 7) is 2.91. The molecule has 0 aromatic carbocycles. The molecule has 2 aliphatic rings. The molecule has 1 aliphatic heterocycles. The van der Waals surface area contributed by atoms with Gasteiger partial charge < -0.3 is 9.84 Å². The van der Waals surface area contributed by atoms with Crippen LogP contribution in [0.3, 0.4) is 0 Å². The molecule has 0 spiro atoms. The van der Waals surface area contributed by atoms with Gasteiger partial charge >= 0.3 is 0 Å². The molecular formula is C11H18O2. The minimum atomic E-state index is -0.257. The molecular weight excluding hydrogens is 164 g/mol. The molecule has 0 aromatic heterocycles. The molecule has 1 saturated carbocycles. The van der Waals surface area contributed by atoms with Gasteiger partial charge in [0.15, 0.2) is 0 Å². The van der Waals surface area contributed by atoms with Crippen LogP contribution in [0.5, 0.6) is 0 Å². The molecule has 0 bridgehead atoms. The van der Waals surface area contributed by atoms with Crippen LogP contribution in [-0.4, -0.2) is 17.8 Å². The van der Waals surface area contributed by atoms with Crippen LogP contribution < -0.4 is 0 Å². The standard InChI is InChI=1S/C11H18O2/c1-8(9-3-2-4-9)11(12)10-5-6-13-7-10/h7-9,11-12H,2-6H2,1H3. The van der Waals surface area contributed by atoms with Crippen LogP contribution in [0.1, 0.15) is 32.6 Å². The molecule has 0 amide bonds. The second kappa shape index (κ2) is 3.70. The van der Waals surface area contributed by atoms with E-state index in [1.165, 1.54) is 19.3 Å². The molecule has 2 heteroatoms. The molecule has 1 heterocycles. The maximum atomic E-state index is 10.0. The number of aliphatic hydroxyl groups is 1. The zero-order valence-electron chi connectivity index (χ0n) is 8.20. The average Bonchev–Trinajstić information content (AvgIpc) is 2.51. The molecule has 2 atom stereocenters. The molecule has 13 heavy (non-hydrogen) atoms. The lowest BCUT2D eigenvalue weighted by Crippen LogP contribution is -2.30. The van der Waals surface area contributed by atoms with Crippen LogP contribution in [0.15, 0.2) is 11.8 Å². The zero-order chi connectivity index (χ0) is 9.26. The lowest BCUT2D eigenvalue weighted by Gasteiger charge is -2.34. The fourth-order valence-corrected chi connectivity index (χ4v) is 2.18. The highest BCUT2D eigenvalue weighted by Crippen LogP contribution is 2.37. The highest BCUT2D eigenvalue weighted by molar-refractivity contribution is 5.10. The summed E-state index contributed by atoms with van der Waals surface area (Å²) < 4.78 is 5.14. The first-order chi connectivity index (χ1) is 6.29. The molecule has 2 rings (SSSR count). The van der Waals surface area contributed by atoms with Crippen LogP contribution in [0, 0.1) is 11.8 Å². The third kappa shape index (κ3) is 1.73. The molecule has 2 nitrogen and oxygen atoms in total. The third-order valence-electron chi connectivity index (χ3n) is 3.51. The highest BCUT2D eigenvalue weighted by Gasteiger charge is 2.31. The first-order valence-corrected chi connectivity index (χ1v) is 5.27. The van der Waals surface area contributed by atoms with Crippen molar-refractivity contribution >= 4 is 0 Å². The van der Waals surface area contributed by atoms with Gasteiger partial charge in [-0.1, -0.05) is 26.2 Å². The summed E-state index contributed by atoms with van der Waals surface area (Å²) in [5.41, 5.74) is 1.10. The summed E-state index contributed by atoms with van der Waals surface area (Å²) in [7, 11) is 0. The smallest absolute Gasteiger partial charge is 0.0912 e. The predicted molar refractivity (Wildman–Crippen MR) is 51.2 cm³/mol. The van der Waals surface area contributed by atoms with Crippen molar-refractivity contribution in [3.63, 3.8) is 0 Å². The number of aliphatic hydroxyl groups excluding tert-OH is 1. The van der Waals surface area contributed by atoms with Crippen LogP contribution in [0.25, 0.3) is 0 Å². The van der Waals surface area contributed by atoms with Gasteiger partial charge in [-0.3, -0.25) is 0 Å². The highest BCUT2D eigenvalue weighted by atomic mass is 16.5. The Bertz CT molecular complexity index is 206. The molecule has 2 unspecified atom stereocenters. The number of rotatable bonds is 3. The Kier molecular flexibility index (Phi) is 2.58. The lowest BCUT2D eigenvalue weighted by atomic mass is 9.73. The van der Waals surface area contributed by atoms with Crippen LogP contribution in [0.2, 0.25) is 0 Å². The van der Waals surface area contributed by atoms with E-state index < -0.39 is 0 Å². The Morgan fingerprint density at radius 3 is 2.77 bits per heavy atom. The van der Waals surface area contributed by atoms with Crippen molar-refractivity contribution in [1.29, 1.82) is 0 Å². The Labute approximate surface area is 79.6 Å². The summed E-state index contributed by atoms with van der Waals surface area (Å²) in [5, 5.41) is 10.0. The van der Waals surface area contributed by atoms with Gasteiger partial charge in [0.25, 0.3) is 0 Å². The Hall–Kier alpha value is -0.500. The molecule has 0 aromatic rings. The van der Waals surface area contributed by atoms with Crippen molar-refractivity contribution < 1.29 is 9.84 Å². The van der Waals surface area contributed by atoms with Crippen molar-refractivity contribution in [3.05, 3.63) is 11.8 Å². The van der Waals surface area contributed by atoms with Crippen LogP contribution >= 0.6 is 0 Å². The summed E-state index contributed by atoms with van der Waals surface area (Å²) in [4.78, 5) is 0. The zero-order valence-corrected chi connectivity index (χ0v) is 8.20. The molecule has 0 radical (unpaired) electrons. The summed E-state index contributed by atoms with van der Waals surface area (Å²) >= 11 is 0. The normalized spacial score (nSPS) is 27.4. The third-order valence-corrected chi connectivity index (χ3v) is 3.51. The van der Waals surface area contributed by atoms with Gasteiger partial charge in [-0.15, -0.1) is 0 Å². The minimum Gasteiger partial charge on any atom is -0.501 e. The van der Waals surface area contributed by atoms with E-state index in [2.05, 4.69) is 6.92 Å². The van der Waals surface area contributed by atoms with Crippen molar-refractivity contribution in [3.8, 4) is 0 Å². The Morgan fingerprint density at radius 2 is 2.31 bits per heavy atom. The Morgan fingerprint density at radius 1 is 1.54 bits per heavy atom. The Balaban J connectivity index is 1.90. The second-order valence-corrected chi connectivity index (χ2v) is 4.31. The first kappa shape index (κ1) is 9.07. The summed E-state index contributed by atoms with van der Waals surface area (Å²) in [6.07, 6.45) is 6.35. The number of hydrogen-bond acceptors (Lipinski definition) is 2. The van der Waals surface area contributed by atoms with Crippen molar-refractivity contribution in [2.45, 2.75) is 38.7 Å². The van der Waals surface area contributed by atoms with E-state index >= 15 is 0 Å². The van der Waals surface area contributed by atoms with Crippen molar-refractivity contribution in [2.75, 3.05) is 6.61 Å². The van der Waals surface area contributed by atoms with Crippen LogP contribution in [0.4, 0.5) is 0 Å². The quantitative estimate of drug-likeness (QED) is 0.724. The van der Waals surface area contributed by atoms with Gasteiger partial charge in [0, 0.05) is 6.42 Å². The largest absolute Gasteiger partial charge is 0.501 e. The minimum absolute atomic E-state index is 0.257. The second-order valence-electron chi connectivity index (χ2n) is 4.31. The van der Waals surface area contributed by atoms with Gasteiger partial charge in [-0.25, -0.2) is 0 Å². The number of ether oxygens (including phenoxy) is 1. The van der Waals surface area contributed by atoms with E-state index in [-0.39, 0.29) is 6.10 Å². The first-order valence-electron chi connectivity index (χ1n) is 5.27. The van der Waals surface area contributed by atoms with Gasteiger partial charge in [0.2, 0.25) is 0 Å². The van der Waals surface area contributed by atoms with Gasteiger partial charge in [-0.2, -0.15) is 0 Å². The van der Waals surface area contributed by atoms with E-state index in [0.29, 0.717) is 5.92 Å². The maximum Gasteiger partial charge on any atom is 0.0912 e. The van der Waals surface area contributed by atoms with E-state index in [1.54, 1.807) is 6.26 Å². The van der Waals surface area contributed by atoms with Gasteiger partial charge in [-0.05, 0) is 17.4 Å². The van der Waals surface area contributed by atoms with Gasteiger partial charge in [0.05, 0.1) is 19.0 Å². The van der Waals surface area contributed by atoms with E-state index in [1.807, 2.05) is 0 Å². The average molecular weight is 182 g/mol. The topological polar surface area (TPSA) is 29.5 Å². The summed E-state index contributed by atoms with van der Waals surface area (Å²) in [6, 6.07) is 0. The maximum absolute atomic E-state index is 10.0. The fourth-order valence-electron chi connectivity index (χ4n) is 2.18. The molecule has 1 aliphatic carbocycles. The molecule has 0 saturated heterocycles. The van der Waals surface area contributed by atoms with E-state index in [4.69, 9.17) is 4.74 Å².